The Kier molecular flexibility index (Phi) is 4.03. The molecule has 0 spiro atoms. The van der Waals surface area contributed by atoms with Gasteiger partial charge in [-0.1, -0.05) is 25.1 Å². The molecule has 4 nitrogen and oxygen atoms in total. The van der Waals surface area contributed by atoms with Crippen LogP contribution in [-0.2, 0) is 14.9 Å². The molecule has 0 N–H and O–H groups in total. The highest BCUT2D eigenvalue weighted by atomic mass is 32.2. The SMILES string of the molecule is CC1=C2OC(C)(C)CC2C(C)C(S(=O)(=O)Oc2ccccc2)=C1C. The van der Waals surface area contributed by atoms with Gasteiger partial charge in [0.1, 0.15) is 17.1 Å². The summed E-state index contributed by atoms with van der Waals surface area (Å²) in [5.74, 6) is 1.18. The first kappa shape index (κ1) is 17.1. The van der Waals surface area contributed by atoms with Gasteiger partial charge in [-0.25, -0.2) is 0 Å². The van der Waals surface area contributed by atoms with Crippen molar-refractivity contribution in [3.05, 3.63) is 52.1 Å². The van der Waals surface area contributed by atoms with Gasteiger partial charge in [0, 0.05) is 11.8 Å². The third-order valence-corrected chi connectivity index (χ3v) is 6.60. The van der Waals surface area contributed by atoms with E-state index in [4.69, 9.17) is 8.92 Å². The maximum Gasteiger partial charge on any atom is 0.335 e. The number of benzene rings is 1. The lowest BCUT2D eigenvalue weighted by molar-refractivity contribution is 0.0751. The zero-order chi connectivity index (χ0) is 17.7. The van der Waals surface area contributed by atoms with Crippen molar-refractivity contribution in [1.29, 1.82) is 0 Å². The molecule has 2 unspecified atom stereocenters. The summed E-state index contributed by atoms with van der Waals surface area (Å²) in [6.45, 7) is 9.81. The van der Waals surface area contributed by atoms with Crippen LogP contribution >= 0.6 is 0 Å². The van der Waals surface area contributed by atoms with Gasteiger partial charge >= 0.3 is 10.1 Å². The van der Waals surface area contributed by atoms with Crippen LogP contribution < -0.4 is 4.18 Å². The molecule has 1 aliphatic carbocycles. The Morgan fingerprint density at radius 3 is 2.38 bits per heavy atom. The molecule has 1 aromatic rings. The molecule has 2 aliphatic rings. The summed E-state index contributed by atoms with van der Waals surface area (Å²) >= 11 is 0. The van der Waals surface area contributed by atoms with Crippen molar-refractivity contribution in [3.8, 4) is 5.75 Å². The lowest BCUT2D eigenvalue weighted by atomic mass is 9.79. The third kappa shape index (κ3) is 2.86. The summed E-state index contributed by atoms with van der Waals surface area (Å²) in [5, 5.41) is 0. The second-order valence-electron chi connectivity index (χ2n) is 7.29. The molecule has 24 heavy (non-hydrogen) atoms. The van der Waals surface area contributed by atoms with Gasteiger partial charge in [-0.15, -0.1) is 0 Å². The summed E-state index contributed by atoms with van der Waals surface area (Å²) in [6, 6.07) is 8.64. The second kappa shape index (κ2) is 5.66. The van der Waals surface area contributed by atoms with Crippen molar-refractivity contribution >= 4 is 10.1 Å². The fraction of sp³-hybridized carbons (Fsp3) is 0.474. The number of fused-ring (bicyclic) bond motifs is 1. The highest BCUT2D eigenvalue weighted by molar-refractivity contribution is 7.91. The van der Waals surface area contributed by atoms with Crippen molar-refractivity contribution in [2.75, 3.05) is 0 Å². The van der Waals surface area contributed by atoms with E-state index in [2.05, 4.69) is 0 Å². The van der Waals surface area contributed by atoms with E-state index in [1.165, 1.54) is 0 Å². The fourth-order valence-corrected chi connectivity index (χ4v) is 5.35. The predicted molar refractivity (Wildman–Crippen MR) is 93.8 cm³/mol. The molecule has 1 saturated heterocycles. The van der Waals surface area contributed by atoms with Gasteiger partial charge in [-0.3, -0.25) is 0 Å². The number of para-hydroxylation sites is 1. The Bertz CT molecular complexity index is 816. The number of ether oxygens (including phenoxy) is 1. The topological polar surface area (TPSA) is 52.6 Å². The van der Waals surface area contributed by atoms with E-state index < -0.39 is 10.1 Å². The fourth-order valence-electron chi connectivity index (χ4n) is 3.75. The number of hydrogen-bond acceptors (Lipinski definition) is 4. The number of allylic oxidation sites excluding steroid dienone is 4. The largest absolute Gasteiger partial charge is 0.492 e. The molecule has 0 aromatic heterocycles. The molecule has 0 saturated carbocycles. The van der Waals surface area contributed by atoms with Gasteiger partial charge in [0.2, 0.25) is 0 Å². The first-order valence-electron chi connectivity index (χ1n) is 8.23. The lowest BCUT2D eigenvalue weighted by Gasteiger charge is -2.29. The average molecular weight is 348 g/mol. The van der Waals surface area contributed by atoms with Crippen LogP contribution in [0.3, 0.4) is 0 Å². The van der Waals surface area contributed by atoms with Gasteiger partial charge in [0.25, 0.3) is 0 Å². The number of rotatable bonds is 3. The molecular weight excluding hydrogens is 324 g/mol. The van der Waals surface area contributed by atoms with Gasteiger partial charge in [0.05, 0.1) is 4.91 Å². The molecule has 0 amide bonds. The van der Waals surface area contributed by atoms with E-state index in [1.54, 1.807) is 24.3 Å². The summed E-state index contributed by atoms with van der Waals surface area (Å²) in [5.41, 5.74) is 1.39. The summed E-state index contributed by atoms with van der Waals surface area (Å²) < 4.78 is 37.3. The highest BCUT2D eigenvalue weighted by Crippen LogP contribution is 2.50. The lowest BCUT2D eigenvalue weighted by Crippen LogP contribution is -2.27. The minimum absolute atomic E-state index is 0.0767. The molecule has 0 radical (unpaired) electrons. The summed E-state index contributed by atoms with van der Waals surface area (Å²) in [7, 11) is -3.85. The standard InChI is InChI=1S/C19H24O4S/c1-12-13(2)18(14(3)16-11-19(4,5)22-17(12)16)24(20,21)23-15-9-7-6-8-10-15/h6-10,14,16H,11H2,1-5H3. The predicted octanol–water partition coefficient (Wildman–Crippen LogP) is 4.41. The van der Waals surface area contributed by atoms with Crippen LogP contribution in [0.4, 0.5) is 0 Å². The maximum absolute atomic E-state index is 12.9. The third-order valence-electron chi connectivity index (χ3n) is 4.97. The average Bonchev–Trinajstić information content (AvgIpc) is 2.82. The van der Waals surface area contributed by atoms with Gasteiger partial charge in [-0.2, -0.15) is 8.42 Å². The van der Waals surface area contributed by atoms with Crippen LogP contribution in [0.2, 0.25) is 0 Å². The van der Waals surface area contributed by atoms with E-state index in [-0.39, 0.29) is 17.4 Å². The van der Waals surface area contributed by atoms with Gasteiger partial charge in [-0.05, 0) is 57.4 Å². The van der Waals surface area contributed by atoms with Crippen LogP contribution in [-0.4, -0.2) is 14.0 Å². The van der Waals surface area contributed by atoms with Crippen LogP contribution in [0.5, 0.6) is 5.75 Å². The molecular formula is C19H24O4S. The number of hydrogen-bond donors (Lipinski definition) is 0. The van der Waals surface area contributed by atoms with E-state index in [0.29, 0.717) is 10.7 Å². The maximum atomic E-state index is 12.9. The molecule has 1 aliphatic heterocycles. The van der Waals surface area contributed by atoms with Crippen molar-refractivity contribution in [1.82, 2.24) is 0 Å². The molecule has 5 heteroatoms. The van der Waals surface area contributed by atoms with Gasteiger partial charge < -0.3 is 8.92 Å². The Morgan fingerprint density at radius 1 is 1.12 bits per heavy atom. The van der Waals surface area contributed by atoms with Crippen molar-refractivity contribution < 1.29 is 17.3 Å². The van der Waals surface area contributed by atoms with E-state index >= 15 is 0 Å². The quantitative estimate of drug-likeness (QED) is 0.759. The Morgan fingerprint density at radius 2 is 1.75 bits per heavy atom. The van der Waals surface area contributed by atoms with Crippen LogP contribution in [0.25, 0.3) is 0 Å². The van der Waals surface area contributed by atoms with Crippen molar-refractivity contribution in [3.63, 3.8) is 0 Å². The molecule has 1 fully saturated rings. The molecule has 130 valence electrons. The van der Waals surface area contributed by atoms with Gasteiger partial charge in [0.15, 0.2) is 0 Å². The zero-order valence-corrected chi connectivity index (χ0v) is 15.6. The van der Waals surface area contributed by atoms with E-state index in [9.17, 15) is 8.42 Å². The minimum Gasteiger partial charge on any atom is -0.492 e. The molecule has 0 bridgehead atoms. The normalized spacial score (nSPS) is 26.2. The van der Waals surface area contributed by atoms with Crippen LogP contribution in [0, 0.1) is 11.8 Å². The molecule has 3 rings (SSSR count). The van der Waals surface area contributed by atoms with Crippen LogP contribution in [0.1, 0.15) is 41.0 Å². The Labute approximate surface area is 144 Å². The van der Waals surface area contributed by atoms with E-state index in [1.807, 2.05) is 40.7 Å². The Hall–Kier alpha value is -1.75. The molecule has 1 heterocycles. The molecule has 2 atom stereocenters. The highest BCUT2D eigenvalue weighted by Gasteiger charge is 2.47. The minimum atomic E-state index is -3.85. The van der Waals surface area contributed by atoms with E-state index in [0.717, 1.165) is 23.3 Å². The van der Waals surface area contributed by atoms with Crippen LogP contribution in [0.15, 0.2) is 52.1 Å². The summed E-state index contributed by atoms with van der Waals surface area (Å²) in [4.78, 5) is 0.374. The Balaban J connectivity index is 2.02. The summed E-state index contributed by atoms with van der Waals surface area (Å²) in [6.07, 6.45) is 0.804. The zero-order valence-electron chi connectivity index (χ0n) is 14.8. The monoisotopic (exact) mass is 348 g/mol. The van der Waals surface area contributed by atoms with Crippen molar-refractivity contribution in [2.24, 2.45) is 11.8 Å². The first-order valence-corrected chi connectivity index (χ1v) is 9.64. The van der Waals surface area contributed by atoms with Crippen molar-refractivity contribution in [2.45, 2.75) is 46.6 Å². The second-order valence-corrected chi connectivity index (χ2v) is 8.80. The first-order chi connectivity index (χ1) is 11.1. The molecule has 1 aromatic carbocycles. The smallest absolute Gasteiger partial charge is 0.335 e.